The average molecular weight is 308 g/mol. The summed E-state index contributed by atoms with van der Waals surface area (Å²) in [6.45, 7) is 6.36. The lowest BCUT2D eigenvalue weighted by atomic mass is 10.0. The minimum absolute atomic E-state index is 0.163. The van der Waals surface area contributed by atoms with Crippen LogP contribution in [-0.2, 0) is 0 Å². The molecule has 0 radical (unpaired) electrons. The van der Waals surface area contributed by atoms with Crippen molar-refractivity contribution < 1.29 is 0 Å². The minimum atomic E-state index is 0.163. The highest BCUT2D eigenvalue weighted by molar-refractivity contribution is 6.35. The van der Waals surface area contributed by atoms with Crippen molar-refractivity contribution in [1.29, 1.82) is 0 Å². The Morgan fingerprint density at radius 1 is 0.900 bits per heavy atom. The first-order chi connectivity index (χ1) is 9.47. The van der Waals surface area contributed by atoms with E-state index in [0.717, 1.165) is 5.56 Å². The van der Waals surface area contributed by atoms with E-state index in [4.69, 9.17) is 23.2 Å². The van der Waals surface area contributed by atoms with Gasteiger partial charge in [0.25, 0.3) is 0 Å². The normalized spacial score (nSPS) is 14.1. The van der Waals surface area contributed by atoms with Gasteiger partial charge in [-0.3, -0.25) is 0 Å². The SMILES string of the molecule is Cc1ccc([C@H](C)NC(C)c2ccc(Cl)cc2Cl)cc1. The largest absolute Gasteiger partial charge is 0.304 e. The van der Waals surface area contributed by atoms with Crippen LogP contribution >= 0.6 is 23.2 Å². The van der Waals surface area contributed by atoms with Crippen molar-refractivity contribution in [2.75, 3.05) is 0 Å². The maximum absolute atomic E-state index is 6.25. The predicted octanol–water partition coefficient (Wildman–Crippen LogP) is 5.71. The van der Waals surface area contributed by atoms with Crippen LogP contribution in [0.2, 0.25) is 10.0 Å². The molecular formula is C17H19Cl2N. The van der Waals surface area contributed by atoms with E-state index in [2.05, 4.69) is 50.4 Å². The molecule has 0 saturated heterocycles. The number of nitrogens with one attached hydrogen (secondary N) is 1. The molecule has 106 valence electrons. The van der Waals surface area contributed by atoms with Gasteiger partial charge in [-0.15, -0.1) is 0 Å². The fraction of sp³-hybridized carbons (Fsp3) is 0.294. The molecule has 1 N–H and O–H groups in total. The topological polar surface area (TPSA) is 12.0 Å². The van der Waals surface area contributed by atoms with Gasteiger partial charge < -0.3 is 5.32 Å². The van der Waals surface area contributed by atoms with Crippen LogP contribution in [0.5, 0.6) is 0 Å². The van der Waals surface area contributed by atoms with Gasteiger partial charge >= 0.3 is 0 Å². The molecule has 2 atom stereocenters. The molecule has 0 aromatic heterocycles. The quantitative estimate of drug-likeness (QED) is 0.762. The number of halogens is 2. The molecule has 0 heterocycles. The first-order valence-corrected chi connectivity index (χ1v) is 7.50. The summed E-state index contributed by atoms with van der Waals surface area (Å²) < 4.78 is 0. The molecule has 0 aliphatic rings. The molecule has 0 amide bonds. The number of aryl methyl sites for hydroxylation is 1. The first-order valence-electron chi connectivity index (χ1n) is 6.75. The van der Waals surface area contributed by atoms with Crippen molar-refractivity contribution in [3.63, 3.8) is 0 Å². The summed E-state index contributed by atoms with van der Waals surface area (Å²) in [4.78, 5) is 0. The van der Waals surface area contributed by atoms with Gasteiger partial charge in [0.15, 0.2) is 0 Å². The van der Waals surface area contributed by atoms with E-state index in [9.17, 15) is 0 Å². The van der Waals surface area contributed by atoms with Gasteiger partial charge in [0.05, 0.1) is 0 Å². The van der Waals surface area contributed by atoms with Crippen molar-refractivity contribution in [1.82, 2.24) is 5.32 Å². The predicted molar refractivity (Wildman–Crippen MR) is 87.6 cm³/mol. The molecule has 1 nitrogen and oxygen atoms in total. The van der Waals surface area contributed by atoms with Crippen molar-refractivity contribution in [3.05, 3.63) is 69.2 Å². The van der Waals surface area contributed by atoms with E-state index in [1.54, 1.807) is 6.07 Å². The second-order valence-electron chi connectivity index (χ2n) is 5.19. The minimum Gasteiger partial charge on any atom is -0.304 e. The molecule has 0 fully saturated rings. The van der Waals surface area contributed by atoms with Gasteiger partial charge in [-0.2, -0.15) is 0 Å². The summed E-state index contributed by atoms with van der Waals surface area (Å²) in [5.74, 6) is 0. The molecular weight excluding hydrogens is 289 g/mol. The van der Waals surface area contributed by atoms with Gasteiger partial charge in [-0.25, -0.2) is 0 Å². The molecule has 0 aliphatic heterocycles. The van der Waals surface area contributed by atoms with Crippen molar-refractivity contribution in [2.45, 2.75) is 32.9 Å². The maximum Gasteiger partial charge on any atom is 0.0468 e. The fourth-order valence-electron chi connectivity index (χ4n) is 2.27. The van der Waals surface area contributed by atoms with E-state index in [0.29, 0.717) is 10.0 Å². The summed E-state index contributed by atoms with van der Waals surface area (Å²) in [5.41, 5.74) is 3.61. The second kappa shape index (κ2) is 6.62. The molecule has 0 aliphatic carbocycles. The standard InChI is InChI=1S/C17H19Cl2N/c1-11-4-6-14(7-5-11)12(2)20-13(3)16-9-8-15(18)10-17(16)19/h4-10,12-13,20H,1-3H3/t12-,13?/m0/s1. The third-order valence-electron chi connectivity index (χ3n) is 3.51. The van der Waals surface area contributed by atoms with Crippen LogP contribution in [0.4, 0.5) is 0 Å². The zero-order valence-electron chi connectivity index (χ0n) is 12.0. The van der Waals surface area contributed by atoms with Gasteiger partial charge in [0, 0.05) is 22.1 Å². The number of hydrogen-bond donors (Lipinski definition) is 1. The zero-order valence-corrected chi connectivity index (χ0v) is 13.5. The molecule has 2 rings (SSSR count). The number of hydrogen-bond acceptors (Lipinski definition) is 1. The molecule has 0 saturated carbocycles. The lowest BCUT2D eigenvalue weighted by Gasteiger charge is -2.22. The Bertz CT molecular complexity index is 578. The molecule has 2 aromatic carbocycles. The van der Waals surface area contributed by atoms with Crippen LogP contribution in [0.3, 0.4) is 0 Å². The highest BCUT2D eigenvalue weighted by Gasteiger charge is 2.13. The van der Waals surface area contributed by atoms with E-state index in [1.807, 2.05) is 12.1 Å². The number of benzene rings is 2. The fourth-order valence-corrected chi connectivity index (χ4v) is 2.84. The Labute approximate surface area is 130 Å². The lowest BCUT2D eigenvalue weighted by molar-refractivity contribution is 0.495. The smallest absolute Gasteiger partial charge is 0.0468 e. The molecule has 20 heavy (non-hydrogen) atoms. The highest BCUT2D eigenvalue weighted by atomic mass is 35.5. The van der Waals surface area contributed by atoms with Crippen molar-refractivity contribution in [3.8, 4) is 0 Å². The summed E-state index contributed by atoms with van der Waals surface area (Å²) >= 11 is 12.2. The molecule has 0 spiro atoms. The molecule has 1 unspecified atom stereocenters. The molecule has 3 heteroatoms. The summed E-state index contributed by atoms with van der Waals surface area (Å²) in [7, 11) is 0. The van der Waals surface area contributed by atoms with E-state index >= 15 is 0 Å². The molecule has 2 aromatic rings. The monoisotopic (exact) mass is 307 g/mol. The van der Waals surface area contributed by atoms with Crippen LogP contribution in [-0.4, -0.2) is 0 Å². The maximum atomic E-state index is 6.25. The second-order valence-corrected chi connectivity index (χ2v) is 6.03. The summed E-state index contributed by atoms with van der Waals surface area (Å²) in [6, 6.07) is 14.6. The Kier molecular flexibility index (Phi) is 5.09. The van der Waals surface area contributed by atoms with Crippen LogP contribution in [0.25, 0.3) is 0 Å². The first kappa shape index (κ1) is 15.4. The van der Waals surface area contributed by atoms with E-state index < -0.39 is 0 Å². The molecule has 0 bridgehead atoms. The summed E-state index contributed by atoms with van der Waals surface area (Å²) in [6.07, 6.45) is 0. The third-order valence-corrected chi connectivity index (χ3v) is 4.07. The van der Waals surface area contributed by atoms with Gasteiger partial charge in [0.2, 0.25) is 0 Å². The van der Waals surface area contributed by atoms with Crippen LogP contribution in [0, 0.1) is 6.92 Å². The van der Waals surface area contributed by atoms with Crippen molar-refractivity contribution >= 4 is 23.2 Å². The number of rotatable bonds is 4. The van der Waals surface area contributed by atoms with Crippen LogP contribution < -0.4 is 5.32 Å². The Morgan fingerprint density at radius 2 is 1.55 bits per heavy atom. The average Bonchev–Trinajstić information content (AvgIpc) is 2.39. The van der Waals surface area contributed by atoms with E-state index in [1.165, 1.54) is 11.1 Å². The third kappa shape index (κ3) is 3.76. The van der Waals surface area contributed by atoms with Gasteiger partial charge in [-0.1, -0.05) is 59.1 Å². The highest BCUT2D eigenvalue weighted by Crippen LogP contribution is 2.28. The van der Waals surface area contributed by atoms with Crippen LogP contribution in [0.1, 0.15) is 42.6 Å². The van der Waals surface area contributed by atoms with Gasteiger partial charge in [0.1, 0.15) is 0 Å². The Morgan fingerprint density at radius 3 is 2.15 bits per heavy atom. The lowest BCUT2D eigenvalue weighted by Crippen LogP contribution is -2.22. The zero-order chi connectivity index (χ0) is 14.7. The Balaban J connectivity index is 2.10. The van der Waals surface area contributed by atoms with Crippen LogP contribution in [0.15, 0.2) is 42.5 Å². The summed E-state index contributed by atoms with van der Waals surface area (Å²) in [5, 5.41) is 4.93. The van der Waals surface area contributed by atoms with E-state index in [-0.39, 0.29) is 12.1 Å². The van der Waals surface area contributed by atoms with Crippen molar-refractivity contribution in [2.24, 2.45) is 0 Å². The Hall–Kier alpha value is -1.02. The van der Waals surface area contributed by atoms with Gasteiger partial charge in [-0.05, 0) is 44.0 Å².